The van der Waals surface area contributed by atoms with Gasteiger partial charge in [-0.1, -0.05) is 34.7 Å². The second-order valence-electron chi connectivity index (χ2n) is 8.54. The summed E-state index contributed by atoms with van der Waals surface area (Å²) in [5, 5.41) is 19.9. The topological polar surface area (TPSA) is 149 Å². The van der Waals surface area contributed by atoms with E-state index in [9.17, 15) is 14.7 Å². The van der Waals surface area contributed by atoms with Crippen LogP contribution in [0.5, 0.6) is 23.0 Å². The van der Waals surface area contributed by atoms with Crippen LogP contribution in [0.4, 0.5) is 4.79 Å². The van der Waals surface area contributed by atoms with Crippen LogP contribution in [0.15, 0.2) is 63.8 Å². The number of allylic oxidation sites excluding steroid dienone is 1. The van der Waals surface area contributed by atoms with Crippen LogP contribution in [0.2, 0.25) is 0 Å². The highest BCUT2D eigenvalue weighted by atomic mass is 79.9. The van der Waals surface area contributed by atoms with Crippen molar-refractivity contribution in [1.82, 2.24) is 16.1 Å². The first-order valence-electron chi connectivity index (χ1n) is 12.6. The summed E-state index contributed by atoms with van der Waals surface area (Å²) >= 11 is 3.43. The Labute approximate surface area is 246 Å². The van der Waals surface area contributed by atoms with Crippen LogP contribution in [0.1, 0.15) is 31.0 Å². The normalized spacial score (nSPS) is 15.5. The molecule has 0 saturated carbocycles. The highest BCUT2D eigenvalue weighted by Crippen LogP contribution is 2.35. The molecule has 4 N–H and O–H groups in total. The Kier molecular flexibility index (Phi) is 11.4. The number of benzene rings is 2. The maximum absolute atomic E-state index is 12.4. The van der Waals surface area contributed by atoms with Crippen LogP contribution in [0, 0.1) is 0 Å². The molecule has 0 radical (unpaired) electrons. The van der Waals surface area contributed by atoms with Gasteiger partial charge in [-0.25, -0.2) is 9.59 Å². The summed E-state index contributed by atoms with van der Waals surface area (Å²) in [6.45, 7) is 7.52. The third kappa shape index (κ3) is 8.14. The number of methoxy groups -OCH3 is 2. The summed E-state index contributed by atoms with van der Waals surface area (Å²) in [5.41, 5.74) is 4.45. The van der Waals surface area contributed by atoms with E-state index in [1.54, 1.807) is 43.3 Å². The van der Waals surface area contributed by atoms with Gasteiger partial charge in [-0.2, -0.15) is 5.10 Å². The smallest absolute Gasteiger partial charge is 0.337 e. The van der Waals surface area contributed by atoms with Gasteiger partial charge >= 0.3 is 12.0 Å². The maximum Gasteiger partial charge on any atom is 0.337 e. The molecule has 1 aliphatic heterocycles. The molecule has 220 valence electrons. The van der Waals surface area contributed by atoms with E-state index in [-0.39, 0.29) is 18.8 Å². The van der Waals surface area contributed by atoms with Crippen LogP contribution in [0.25, 0.3) is 0 Å². The van der Waals surface area contributed by atoms with Crippen molar-refractivity contribution in [1.29, 1.82) is 0 Å². The molecular formula is C28H33BrN4O8. The van der Waals surface area contributed by atoms with E-state index in [0.29, 0.717) is 46.4 Å². The van der Waals surface area contributed by atoms with Crippen molar-refractivity contribution in [2.45, 2.75) is 26.1 Å². The Morgan fingerprint density at radius 3 is 2.66 bits per heavy atom. The predicted molar refractivity (Wildman–Crippen MR) is 155 cm³/mol. The van der Waals surface area contributed by atoms with Gasteiger partial charge in [-0.15, -0.1) is 0 Å². The van der Waals surface area contributed by atoms with Crippen LogP contribution in [-0.4, -0.2) is 63.6 Å². The number of nitrogens with one attached hydrogen (secondary N) is 3. The first kappa shape index (κ1) is 31.3. The van der Waals surface area contributed by atoms with Crippen molar-refractivity contribution in [2.24, 2.45) is 5.10 Å². The average molecular weight is 633 g/mol. The standard InChI is InChI=1S/C28H33BrN4O8/c1-6-10-40-26-18(11-19(29)13-22(26)37-4)14-30-33-23(34)15-41-20-9-8-17(12-21(20)39-7-2)25-24(27(35)38-5)16(3)31-28(36)32-25/h6,8-9,11-14,23,25,33-34H,1,7,10,15H2,2-5H3,(H2,31,32,36)/b30-14+/t23-,25-/m0/s1. The van der Waals surface area contributed by atoms with Crippen molar-refractivity contribution in [2.75, 3.05) is 34.0 Å². The van der Waals surface area contributed by atoms with E-state index >= 15 is 0 Å². The lowest BCUT2D eigenvalue weighted by molar-refractivity contribution is -0.136. The van der Waals surface area contributed by atoms with Crippen LogP contribution in [0.3, 0.4) is 0 Å². The SMILES string of the molecule is C=CCOc1c(/C=N/N[C@@H](O)COc2ccc([C@@H]3NC(=O)NC(C)=C3C(=O)OC)cc2OCC)cc(Br)cc1OC. The van der Waals surface area contributed by atoms with Gasteiger partial charge in [0.1, 0.15) is 13.2 Å². The summed E-state index contributed by atoms with van der Waals surface area (Å²) in [6, 6.07) is 7.32. The first-order chi connectivity index (χ1) is 19.7. The van der Waals surface area contributed by atoms with E-state index in [2.05, 4.69) is 43.7 Å². The summed E-state index contributed by atoms with van der Waals surface area (Å²) < 4.78 is 28.3. The number of esters is 1. The number of hydrogen-bond donors (Lipinski definition) is 4. The lowest BCUT2D eigenvalue weighted by Gasteiger charge is -2.28. The molecule has 13 heteroatoms. The summed E-state index contributed by atoms with van der Waals surface area (Å²) in [4.78, 5) is 24.5. The van der Waals surface area contributed by atoms with Gasteiger partial charge in [0.05, 0.1) is 38.7 Å². The molecular weight excluding hydrogens is 600 g/mol. The van der Waals surface area contributed by atoms with Gasteiger partial charge < -0.3 is 39.4 Å². The fourth-order valence-electron chi connectivity index (χ4n) is 3.95. The van der Waals surface area contributed by atoms with E-state index in [4.69, 9.17) is 23.7 Å². The number of halogens is 1. The minimum atomic E-state index is -1.17. The lowest BCUT2D eigenvalue weighted by Crippen LogP contribution is -2.45. The predicted octanol–water partition coefficient (Wildman–Crippen LogP) is 3.54. The molecule has 2 atom stereocenters. The van der Waals surface area contributed by atoms with Crippen molar-refractivity contribution in [3.63, 3.8) is 0 Å². The summed E-state index contributed by atoms with van der Waals surface area (Å²) in [7, 11) is 2.80. The summed E-state index contributed by atoms with van der Waals surface area (Å²) in [6.07, 6.45) is 1.92. The minimum absolute atomic E-state index is 0.172. The van der Waals surface area contributed by atoms with Crippen molar-refractivity contribution in [3.8, 4) is 23.0 Å². The Hall–Kier alpha value is -4.23. The zero-order valence-corrected chi connectivity index (χ0v) is 24.7. The zero-order valence-electron chi connectivity index (χ0n) is 23.2. The molecule has 12 nitrogen and oxygen atoms in total. The molecule has 0 saturated heterocycles. The molecule has 41 heavy (non-hydrogen) atoms. The molecule has 0 aromatic heterocycles. The van der Waals surface area contributed by atoms with Crippen molar-refractivity contribution >= 4 is 34.1 Å². The maximum atomic E-state index is 12.4. The molecule has 0 aliphatic carbocycles. The number of aliphatic hydroxyl groups excluding tert-OH is 1. The van der Waals surface area contributed by atoms with Gasteiger partial charge in [-0.05, 0) is 43.7 Å². The second kappa shape index (κ2) is 15.0. The van der Waals surface area contributed by atoms with Gasteiger partial charge in [0.2, 0.25) is 0 Å². The van der Waals surface area contributed by atoms with Crippen LogP contribution >= 0.6 is 15.9 Å². The quantitative estimate of drug-likeness (QED) is 0.0806. The number of urea groups is 1. The molecule has 3 rings (SSSR count). The number of aliphatic hydroxyl groups is 1. The molecule has 2 aromatic carbocycles. The zero-order chi connectivity index (χ0) is 29.9. The van der Waals surface area contributed by atoms with Crippen molar-refractivity contribution in [3.05, 3.63) is 69.9 Å². The second-order valence-corrected chi connectivity index (χ2v) is 9.46. The molecule has 2 aromatic rings. The molecule has 2 amide bonds. The number of carbonyl (C=O) groups is 2. The molecule has 0 spiro atoms. The van der Waals surface area contributed by atoms with Gasteiger partial charge in [0.25, 0.3) is 0 Å². The van der Waals surface area contributed by atoms with Gasteiger partial charge in [0, 0.05) is 15.7 Å². The highest BCUT2D eigenvalue weighted by molar-refractivity contribution is 9.10. The largest absolute Gasteiger partial charge is 0.493 e. The number of ether oxygens (including phenoxy) is 5. The van der Waals surface area contributed by atoms with E-state index in [1.807, 2.05) is 6.92 Å². The van der Waals surface area contributed by atoms with E-state index in [0.717, 1.165) is 4.47 Å². The lowest BCUT2D eigenvalue weighted by atomic mass is 9.95. The number of rotatable bonds is 14. The Morgan fingerprint density at radius 2 is 1.98 bits per heavy atom. The fourth-order valence-corrected chi connectivity index (χ4v) is 4.40. The Morgan fingerprint density at radius 1 is 1.20 bits per heavy atom. The third-order valence-corrected chi connectivity index (χ3v) is 6.17. The molecule has 0 fully saturated rings. The van der Waals surface area contributed by atoms with Crippen LogP contribution in [-0.2, 0) is 9.53 Å². The molecule has 0 bridgehead atoms. The highest BCUT2D eigenvalue weighted by Gasteiger charge is 2.32. The molecule has 1 aliphatic rings. The van der Waals surface area contributed by atoms with Crippen LogP contribution < -0.4 is 35.0 Å². The van der Waals surface area contributed by atoms with Gasteiger partial charge in [-0.3, -0.25) is 5.43 Å². The monoisotopic (exact) mass is 632 g/mol. The number of hydrazone groups is 1. The first-order valence-corrected chi connectivity index (χ1v) is 13.4. The van der Waals surface area contributed by atoms with E-state index in [1.165, 1.54) is 20.4 Å². The number of carbonyl (C=O) groups excluding carboxylic acids is 2. The number of nitrogens with zero attached hydrogens (tertiary/aromatic N) is 1. The number of amides is 2. The number of hydrogen-bond acceptors (Lipinski definition) is 10. The Bertz CT molecular complexity index is 1330. The van der Waals surface area contributed by atoms with E-state index < -0.39 is 24.3 Å². The minimum Gasteiger partial charge on any atom is -0.493 e. The fraction of sp³-hybridized carbons (Fsp3) is 0.321. The third-order valence-electron chi connectivity index (χ3n) is 5.71. The van der Waals surface area contributed by atoms with Crippen molar-refractivity contribution < 1.29 is 38.4 Å². The average Bonchev–Trinajstić information content (AvgIpc) is 2.95. The Balaban J connectivity index is 1.73. The molecule has 0 unspecified atom stereocenters. The van der Waals surface area contributed by atoms with Gasteiger partial charge in [0.15, 0.2) is 29.2 Å². The summed E-state index contributed by atoms with van der Waals surface area (Å²) in [5.74, 6) is 1.11. The molecule has 1 heterocycles.